The van der Waals surface area contributed by atoms with Crippen molar-refractivity contribution in [3.63, 3.8) is 0 Å². The van der Waals surface area contributed by atoms with Gasteiger partial charge in [0.05, 0.1) is 38.0 Å². The van der Waals surface area contributed by atoms with Crippen LogP contribution in [0.4, 0.5) is 0 Å². The average molecular weight is 568 g/mol. The highest BCUT2D eigenvalue weighted by molar-refractivity contribution is 5.69. The number of nitrogens with zero attached hydrogens (tertiary/aromatic N) is 1. The van der Waals surface area contributed by atoms with Gasteiger partial charge >= 0.3 is 11.9 Å². The van der Waals surface area contributed by atoms with Crippen LogP contribution in [-0.2, 0) is 14.4 Å². The van der Waals surface area contributed by atoms with Crippen LogP contribution in [0.2, 0.25) is 0 Å². The number of aliphatic carboxylic acids is 3. The minimum absolute atomic E-state index is 0.441. The van der Waals surface area contributed by atoms with Crippen LogP contribution in [0.15, 0.2) is 12.2 Å². The molecule has 0 spiro atoms. The van der Waals surface area contributed by atoms with Crippen molar-refractivity contribution in [2.45, 2.75) is 137 Å². The molecule has 0 aromatic carbocycles. The predicted molar refractivity (Wildman–Crippen MR) is 161 cm³/mol. The molecule has 0 saturated carbocycles. The first-order chi connectivity index (χ1) is 19.0. The van der Waals surface area contributed by atoms with Gasteiger partial charge in [0, 0.05) is 31.1 Å². The van der Waals surface area contributed by atoms with Gasteiger partial charge in [-0.25, -0.2) is 0 Å². The van der Waals surface area contributed by atoms with E-state index in [0.717, 1.165) is 32.2 Å². The van der Waals surface area contributed by atoms with E-state index in [1.165, 1.54) is 64.2 Å². The molecule has 0 aliphatic carbocycles. The summed E-state index contributed by atoms with van der Waals surface area (Å²) in [5.74, 6) is -4.33. The molecule has 0 aromatic heterocycles. The van der Waals surface area contributed by atoms with Crippen LogP contribution in [0.25, 0.3) is 0 Å². The van der Waals surface area contributed by atoms with E-state index >= 15 is 0 Å². The Labute approximate surface area is 245 Å². The van der Waals surface area contributed by atoms with Gasteiger partial charge in [0.1, 0.15) is 0 Å². The molecule has 2 N–H and O–H groups in total. The van der Waals surface area contributed by atoms with Gasteiger partial charge in [-0.1, -0.05) is 91.2 Å². The molecule has 0 radical (unpaired) electrons. The number of carboxylic acids is 3. The Balaban J connectivity index is 4.68. The molecule has 0 amide bonds. The van der Waals surface area contributed by atoms with Crippen LogP contribution in [0.1, 0.15) is 137 Å². The van der Waals surface area contributed by atoms with Crippen LogP contribution in [-0.4, -0.2) is 58.8 Å². The van der Waals surface area contributed by atoms with Gasteiger partial charge in [0.2, 0.25) is 0 Å². The fourth-order valence-corrected chi connectivity index (χ4v) is 5.13. The average Bonchev–Trinajstić information content (AvgIpc) is 2.92. The molecule has 0 saturated heterocycles. The van der Waals surface area contributed by atoms with Crippen molar-refractivity contribution in [3.05, 3.63) is 12.2 Å². The highest BCUT2D eigenvalue weighted by atomic mass is 16.4. The maximum atomic E-state index is 11.5. The molecular formula is C33H61NO6. The maximum Gasteiger partial charge on any atom is 0.306 e. The van der Waals surface area contributed by atoms with Gasteiger partial charge < -0.3 is 24.6 Å². The standard InChI is InChI=1S/C33H61NO6/c1-5-6-7-8-9-10-11-12-13-14-15-16-17-18-19-20-24-34(25-21-28(2)31(35)36,26-22-29(3)32(37)38)27-23-30(4)33(39)40/h13-14,28-30H,5-12,15-27H2,1-4H3,(H2-,35,36,37,38,39,40)/b14-13+. The topological polar surface area (TPSA) is 115 Å². The molecule has 0 fully saturated rings. The van der Waals surface area contributed by atoms with Gasteiger partial charge in [0.15, 0.2) is 0 Å². The molecule has 0 aliphatic rings. The van der Waals surface area contributed by atoms with Crippen LogP contribution in [0, 0.1) is 17.8 Å². The van der Waals surface area contributed by atoms with Gasteiger partial charge in [-0.2, -0.15) is 0 Å². The van der Waals surface area contributed by atoms with Gasteiger partial charge in [-0.3, -0.25) is 9.59 Å². The number of carbonyl (C=O) groups excluding carboxylic acids is 1. The predicted octanol–water partition coefficient (Wildman–Crippen LogP) is 6.84. The first-order valence-corrected chi connectivity index (χ1v) is 16.2. The second-order valence-electron chi connectivity index (χ2n) is 12.2. The lowest BCUT2D eigenvalue weighted by Crippen LogP contribution is -2.52. The molecule has 234 valence electrons. The largest absolute Gasteiger partial charge is 0.550 e. The fraction of sp³-hybridized carbons (Fsp3) is 0.848. The summed E-state index contributed by atoms with van der Waals surface area (Å²) in [6.07, 6.45) is 23.3. The smallest absolute Gasteiger partial charge is 0.306 e. The van der Waals surface area contributed by atoms with Gasteiger partial charge in [-0.15, -0.1) is 0 Å². The molecule has 0 rings (SSSR count). The van der Waals surface area contributed by atoms with Gasteiger partial charge in [0.25, 0.3) is 0 Å². The number of carboxylic acid groups (broad SMARTS) is 3. The van der Waals surface area contributed by atoms with E-state index in [1.807, 2.05) is 0 Å². The third-order valence-corrected chi connectivity index (χ3v) is 8.50. The minimum Gasteiger partial charge on any atom is -0.550 e. The minimum atomic E-state index is -1.08. The number of quaternary nitrogens is 1. The highest BCUT2D eigenvalue weighted by Crippen LogP contribution is 2.21. The van der Waals surface area contributed by atoms with E-state index in [1.54, 1.807) is 20.8 Å². The Morgan fingerprint density at radius 1 is 0.600 bits per heavy atom. The number of unbranched alkanes of at least 4 members (excludes halogenated alkanes) is 12. The Kier molecular flexibility index (Phi) is 22.7. The SMILES string of the molecule is CCCCCCCCC/C=C/CCCCCCC[N+](CCC(C)C(=O)[O-])(CCC(C)C(=O)O)CCC(C)C(=O)O. The summed E-state index contributed by atoms with van der Waals surface area (Å²) in [6, 6.07) is 0. The normalized spacial score (nSPS) is 15.5. The van der Waals surface area contributed by atoms with Crippen molar-refractivity contribution in [1.82, 2.24) is 0 Å². The molecule has 7 nitrogen and oxygen atoms in total. The Morgan fingerprint density at radius 2 is 0.975 bits per heavy atom. The lowest BCUT2D eigenvalue weighted by atomic mass is 10.0. The monoisotopic (exact) mass is 567 g/mol. The molecular weight excluding hydrogens is 506 g/mol. The van der Waals surface area contributed by atoms with E-state index in [2.05, 4.69) is 19.1 Å². The second kappa shape index (κ2) is 23.8. The maximum absolute atomic E-state index is 11.5. The zero-order chi connectivity index (χ0) is 30.2. The molecule has 0 heterocycles. The van der Waals surface area contributed by atoms with Crippen LogP contribution in [0.5, 0.6) is 0 Å². The quantitative estimate of drug-likeness (QED) is 0.0608. The molecule has 3 unspecified atom stereocenters. The third-order valence-electron chi connectivity index (χ3n) is 8.50. The van der Waals surface area contributed by atoms with Crippen molar-refractivity contribution >= 4 is 17.9 Å². The van der Waals surface area contributed by atoms with Crippen LogP contribution in [0.3, 0.4) is 0 Å². The molecule has 7 heteroatoms. The summed E-state index contributed by atoms with van der Waals surface area (Å²) in [6.45, 7) is 9.93. The zero-order valence-electron chi connectivity index (χ0n) is 26.2. The summed E-state index contributed by atoms with van der Waals surface area (Å²) < 4.78 is 0.578. The van der Waals surface area contributed by atoms with Crippen molar-refractivity contribution in [2.24, 2.45) is 17.8 Å². The molecule has 0 bridgehead atoms. The summed E-state index contributed by atoms with van der Waals surface area (Å²) in [4.78, 5) is 34.3. The van der Waals surface area contributed by atoms with E-state index in [4.69, 9.17) is 0 Å². The zero-order valence-corrected chi connectivity index (χ0v) is 26.2. The van der Waals surface area contributed by atoms with Crippen LogP contribution < -0.4 is 5.11 Å². The lowest BCUT2D eigenvalue weighted by molar-refractivity contribution is -0.929. The van der Waals surface area contributed by atoms with Crippen LogP contribution >= 0.6 is 0 Å². The van der Waals surface area contributed by atoms with E-state index < -0.39 is 35.7 Å². The van der Waals surface area contributed by atoms with E-state index in [0.29, 0.717) is 43.4 Å². The first kappa shape index (κ1) is 38.1. The van der Waals surface area contributed by atoms with Gasteiger partial charge in [-0.05, 0) is 38.5 Å². The summed E-state index contributed by atoms with van der Waals surface area (Å²) >= 11 is 0. The summed E-state index contributed by atoms with van der Waals surface area (Å²) in [5.41, 5.74) is 0. The van der Waals surface area contributed by atoms with E-state index in [-0.39, 0.29) is 0 Å². The Bertz CT molecular complexity index is 647. The first-order valence-electron chi connectivity index (χ1n) is 16.2. The van der Waals surface area contributed by atoms with E-state index in [9.17, 15) is 29.7 Å². The third kappa shape index (κ3) is 20.1. The highest BCUT2D eigenvalue weighted by Gasteiger charge is 2.30. The van der Waals surface area contributed by atoms with Crippen molar-refractivity contribution in [2.75, 3.05) is 26.2 Å². The Morgan fingerprint density at radius 3 is 1.38 bits per heavy atom. The van der Waals surface area contributed by atoms with Crippen molar-refractivity contribution < 1.29 is 34.2 Å². The number of allylic oxidation sites excluding steroid dienone is 2. The second-order valence-corrected chi connectivity index (χ2v) is 12.2. The summed E-state index contributed by atoms with van der Waals surface area (Å²) in [7, 11) is 0. The fourth-order valence-electron chi connectivity index (χ4n) is 5.13. The molecule has 3 atom stereocenters. The van der Waals surface area contributed by atoms with Crippen molar-refractivity contribution in [1.29, 1.82) is 0 Å². The number of hydrogen-bond donors (Lipinski definition) is 2. The molecule has 0 aliphatic heterocycles. The summed E-state index contributed by atoms with van der Waals surface area (Å²) in [5, 5.41) is 30.2. The number of rotatable bonds is 28. The lowest BCUT2D eigenvalue weighted by Gasteiger charge is -2.41. The van der Waals surface area contributed by atoms with Crippen molar-refractivity contribution in [3.8, 4) is 0 Å². The molecule has 40 heavy (non-hydrogen) atoms. The Hall–Kier alpha value is -1.89. The molecule has 0 aromatic rings. The number of hydrogen-bond acceptors (Lipinski definition) is 4. The number of carbonyl (C=O) groups is 3.